The lowest BCUT2D eigenvalue weighted by molar-refractivity contribution is 0.0379. The fraction of sp³-hybridized carbons (Fsp3) is 0.600. The fourth-order valence-electron chi connectivity index (χ4n) is 1.15. The van der Waals surface area contributed by atoms with Gasteiger partial charge in [-0.15, -0.1) is 0 Å². The molecule has 1 rings (SSSR count). The van der Waals surface area contributed by atoms with Gasteiger partial charge in [-0.3, -0.25) is 0 Å². The number of methoxy groups -OCH3 is 2. The van der Waals surface area contributed by atoms with E-state index in [9.17, 15) is 5.11 Å². The first-order chi connectivity index (χ1) is 7.72. The van der Waals surface area contributed by atoms with Crippen LogP contribution in [0.2, 0.25) is 0 Å². The highest BCUT2D eigenvalue weighted by molar-refractivity contribution is 5.24. The first-order valence-electron chi connectivity index (χ1n) is 4.93. The molecule has 1 aromatic rings. The molecule has 0 aliphatic rings. The first kappa shape index (κ1) is 12.7. The highest BCUT2D eigenvalue weighted by Gasteiger charge is 2.17. The van der Waals surface area contributed by atoms with Gasteiger partial charge in [0.05, 0.1) is 27.0 Å². The summed E-state index contributed by atoms with van der Waals surface area (Å²) in [6, 6.07) is 0. The molecule has 0 bridgehead atoms. The third-order valence-corrected chi connectivity index (χ3v) is 1.94. The average Bonchev–Trinajstić information content (AvgIpc) is 2.34. The topological polar surface area (TPSA) is 73.7 Å². The molecule has 1 atom stereocenters. The number of hydrogen-bond donors (Lipinski definition) is 1. The quantitative estimate of drug-likeness (QED) is 0.767. The molecule has 0 aliphatic carbocycles. The molecule has 1 N–H and O–H groups in total. The van der Waals surface area contributed by atoms with Gasteiger partial charge in [0.25, 0.3) is 0 Å². The van der Waals surface area contributed by atoms with E-state index < -0.39 is 6.10 Å². The summed E-state index contributed by atoms with van der Waals surface area (Å²) in [7, 11) is 2.94. The van der Waals surface area contributed by atoms with Crippen molar-refractivity contribution < 1.29 is 19.3 Å². The molecule has 1 aromatic heterocycles. The highest BCUT2D eigenvalue weighted by Crippen LogP contribution is 2.23. The SMILES string of the molecule is CCOCC(O)c1ncc(OC)nc1OC. The lowest BCUT2D eigenvalue weighted by Gasteiger charge is -2.13. The molecule has 0 aromatic carbocycles. The maximum Gasteiger partial charge on any atom is 0.241 e. The summed E-state index contributed by atoms with van der Waals surface area (Å²) in [5, 5.41) is 9.78. The Morgan fingerprint density at radius 3 is 2.69 bits per heavy atom. The van der Waals surface area contributed by atoms with Gasteiger partial charge in [0.15, 0.2) is 0 Å². The summed E-state index contributed by atoms with van der Waals surface area (Å²) < 4.78 is 15.0. The highest BCUT2D eigenvalue weighted by atomic mass is 16.5. The summed E-state index contributed by atoms with van der Waals surface area (Å²) in [5.41, 5.74) is 0.344. The molecule has 0 saturated carbocycles. The largest absolute Gasteiger partial charge is 0.480 e. The molecular weight excluding hydrogens is 212 g/mol. The Labute approximate surface area is 94.2 Å². The number of hydrogen-bond acceptors (Lipinski definition) is 6. The minimum absolute atomic E-state index is 0.161. The predicted octanol–water partition coefficient (Wildman–Crippen LogP) is 0.564. The van der Waals surface area contributed by atoms with Crippen molar-refractivity contribution in [3.63, 3.8) is 0 Å². The van der Waals surface area contributed by atoms with Gasteiger partial charge in [0.1, 0.15) is 11.8 Å². The monoisotopic (exact) mass is 228 g/mol. The molecule has 0 amide bonds. The second-order valence-corrected chi connectivity index (χ2v) is 2.98. The molecule has 0 spiro atoms. The molecule has 0 radical (unpaired) electrons. The van der Waals surface area contributed by atoms with E-state index >= 15 is 0 Å². The molecule has 0 aliphatic heterocycles. The summed E-state index contributed by atoms with van der Waals surface area (Å²) in [4.78, 5) is 8.05. The number of rotatable bonds is 6. The number of ether oxygens (including phenoxy) is 3. The van der Waals surface area contributed by atoms with E-state index in [4.69, 9.17) is 14.2 Å². The van der Waals surface area contributed by atoms with Crippen LogP contribution in [0.15, 0.2) is 6.20 Å². The van der Waals surface area contributed by atoms with Crippen LogP contribution in [0.1, 0.15) is 18.7 Å². The Kier molecular flexibility index (Phi) is 4.94. The maximum absolute atomic E-state index is 9.78. The molecule has 0 fully saturated rings. The van der Waals surface area contributed by atoms with Gasteiger partial charge in [0, 0.05) is 6.61 Å². The van der Waals surface area contributed by atoms with Crippen LogP contribution >= 0.6 is 0 Å². The van der Waals surface area contributed by atoms with Gasteiger partial charge in [-0.05, 0) is 6.92 Å². The number of aliphatic hydroxyl groups excluding tert-OH is 1. The Balaban J connectivity index is 2.85. The van der Waals surface area contributed by atoms with Crippen LogP contribution < -0.4 is 9.47 Å². The van der Waals surface area contributed by atoms with Gasteiger partial charge in [-0.25, -0.2) is 4.98 Å². The van der Waals surface area contributed by atoms with E-state index in [1.165, 1.54) is 20.4 Å². The molecule has 0 saturated heterocycles. The van der Waals surface area contributed by atoms with Crippen LogP contribution in [0.25, 0.3) is 0 Å². The zero-order valence-corrected chi connectivity index (χ0v) is 9.64. The third kappa shape index (κ3) is 3.04. The minimum atomic E-state index is -0.853. The Morgan fingerprint density at radius 1 is 1.38 bits per heavy atom. The van der Waals surface area contributed by atoms with Crippen molar-refractivity contribution in [2.75, 3.05) is 27.4 Å². The van der Waals surface area contributed by atoms with Crippen molar-refractivity contribution >= 4 is 0 Å². The van der Waals surface area contributed by atoms with Gasteiger partial charge in [-0.1, -0.05) is 0 Å². The second-order valence-electron chi connectivity index (χ2n) is 2.98. The van der Waals surface area contributed by atoms with E-state index in [1.54, 1.807) is 0 Å². The van der Waals surface area contributed by atoms with E-state index in [0.29, 0.717) is 18.2 Å². The Bertz CT molecular complexity index is 333. The van der Waals surface area contributed by atoms with Crippen molar-refractivity contribution in [2.24, 2.45) is 0 Å². The second kappa shape index (κ2) is 6.24. The van der Waals surface area contributed by atoms with E-state index in [1.807, 2.05) is 6.92 Å². The van der Waals surface area contributed by atoms with Gasteiger partial charge in [0.2, 0.25) is 11.8 Å². The molecule has 1 heterocycles. The summed E-state index contributed by atoms with van der Waals surface area (Å²) in [6.45, 7) is 2.54. The molecule has 1 unspecified atom stereocenters. The van der Waals surface area contributed by atoms with Gasteiger partial charge in [-0.2, -0.15) is 4.98 Å². The zero-order valence-electron chi connectivity index (χ0n) is 9.64. The van der Waals surface area contributed by atoms with Crippen LogP contribution in [-0.2, 0) is 4.74 Å². The van der Waals surface area contributed by atoms with E-state index in [0.717, 1.165) is 0 Å². The average molecular weight is 228 g/mol. The number of nitrogens with zero attached hydrogens (tertiary/aromatic N) is 2. The van der Waals surface area contributed by atoms with Crippen molar-refractivity contribution in [3.8, 4) is 11.8 Å². The van der Waals surface area contributed by atoms with E-state index in [2.05, 4.69) is 9.97 Å². The maximum atomic E-state index is 9.78. The van der Waals surface area contributed by atoms with Crippen molar-refractivity contribution in [1.29, 1.82) is 0 Å². The normalized spacial score (nSPS) is 12.2. The van der Waals surface area contributed by atoms with Crippen LogP contribution in [0.4, 0.5) is 0 Å². The lowest BCUT2D eigenvalue weighted by Crippen LogP contribution is -2.11. The predicted molar refractivity (Wildman–Crippen MR) is 56.6 cm³/mol. The fourth-order valence-corrected chi connectivity index (χ4v) is 1.15. The first-order valence-corrected chi connectivity index (χ1v) is 4.93. The van der Waals surface area contributed by atoms with Crippen molar-refractivity contribution in [1.82, 2.24) is 9.97 Å². The Morgan fingerprint density at radius 2 is 2.12 bits per heavy atom. The van der Waals surface area contributed by atoms with Crippen LogP contribution in [-0.4, -0.2) is 42.5 Å². The third-order valence-electron chi connectivity index (χ3n) is 1.94. The number of aliphatic hydroxyl groups is 1. The summed E-state index contributed by atoms with van der Waals surface area (Å²) >= 11 is 0. The van der Waals surface area contributed by atoms with Crippen molar-refractivity contribution in [3.05, 3.63) is 11.9 Å². The van der Waals surface area contributed by atoms with Crippen molar-refractivity contribution in [2.45, 2.75) is 13.0 Å². The van der Waals surface area contributed by atoms with Crippen LogP contribution in [0.5, 0.6) is 11.8 Å². The summed E-state index contributed by atoms with van der Waals surface area (Å²) in [5.74, 6) is 0.579. The molecular formula is C10H16N2O4. The number of aromatic nitrogens is 2. The zero-order chi connectivity index (χ0) is 12.0. The standard InChI is InChI=1S/C10H16N2O4/c1-4-16-6-7(13)9-10(15-3)12-8(14-2)5-11-9/h5,7,13H,4,6H2,1-3H3. The molecule has 6 heteroatoms. The van der Waals surface area contributed by atoms with Gasteiger partial charge < -0.3 is 19.3 Å². The molecule has 6 nitrogen and oxygen atoms in total. The Hall–Kier alpha value is -1.40. The van der Waals surface area contributed by atoms with Gasteiger partial charge >= 0.3 is 0 Å². The summed E-state index contributed by atoms with van der Waals surface area (Å²) in [6.07, 6.45) is 0.570. The van der Waals surface area contributed by atoms with Crippen LogP contribution in [0, 0.1) is 0 Å². The molecule has 16 heavy (non-hydrogen) atoms. The van der Waals surface area contributed by atoms with E-state index in [-0.39, 0.29) is 12.5 Å². The van der Waals surface area contributed by atoms with Crippen LogP contribution in [0.3, 0.4) is 0 Å². The lowest BCUT2D eigenvalue weighted by atomic mass is 10.2. The smallest absolute Gasteiger partial charge is 0.241 e. The minimum Gasteiger partial charge on any atom is -0.480 e. The molecule has 90 valence electrons.